The van der Waals surface area contributed by atoms with E-state index in [-0.39, 0.29) is 19.7 Å². The second-order valence-electron chi connectivity index (χ2n) is 4.85. The maximum Gasteiger partial charge on any atom is 0.285 e. The number of para-hydroxylation sites is 1. The van der Waals surface area contributed by atoms with E-state index in [4.69, 9.17) is 23.2 Å². The minimum atomic E-state index is -3.99. The third kappa shape index (κ3) is 3.69. The molecule has 5 nitrogen and oxygen atoms in total. The second-order valence-corrected chi connectivity index (χ2v) is 8.26. The quantitative estimate of drug-likeness (QED) is 0.609. The summed E-state index contributed by atoms with van der Waals surface area (Å²) in [4.78, 5) is 11.5. The van der Waals surface area contributed by atoms with Gasteiger partial charge in [-0.3, -0.25) is 9.36 Å². The van der Waals surface area contributed by atoms with Gasteiger partial charge < -0.3 is 0 Å². The molecule has 0 amide bonds. The van der Waals surface area contributed by atoms with E-state index in [2.05, 4.69) is 4.40 Å². The molecule has 3 aromatic rings. The lowest BCUT2D eigenvalue weighted by atomic mass is 10.3. The molecule has 0 spiro atoms. The average molecular weight is 413 g/mol. The Morgan fingerprint density at radius 1 is 1.00 bits per heavy atom. The molecule has 2 aromatic carbocycles. The van der Waals surface area contributed by atoms with Gasteiger partial charge >= 0.3 is 0 Å². The smallest absolute Gasteiger partial charge is 0.285 e. The van der Waals surface area contributed by atoms with Crippen LogP contribution in [0, 0.1) is 0 Å². The first-order chi connectivity index (χ1) is 11.9. The number of carbonyl (C=O) groups excluding carboxylic acids is 1. The molecule has 0 bridgehead atoms. The Balaban J connectivity index is 2.25. The molecule has 0 N–H and O–H groups in total. The van der Waals surface area contributed by atoms with Gasteiger partial charge in [0.2, 0.25) is 4.80 Å². The molecule has 0 aliphatic carbocycles. The van der Waals surface area contributed by atoms with Gasteiger partial charge in [0, 0.05) is 10.7 Å². The topological polar surface area (TPSA) is 68.5 Å². The Bertz CT molecular complexity index is 1090. The highest BCUT2D eigenvalue weighted by molar-refractivity contribution is 7.90. The number of thiazole rings is 1. The van der Waals surface area contributed by atoms with Crippen LogP contribution in [0.1, 0.15) is 9.67 Å². The van der Waals surface area contributed by atoms with Gasteiger partial charge in [-0.05, 0) is 36.4 Å². The molecule has 1 heterocycles. The number of halogens is 2. The van der Waals surface area contributed by atoms with Crippen molar-refractivity contribution in [1.29, 1.82) is 0 Å². The molecule has 0 aliphatic heterocycles. The molecule has 128 valence electrons. The molecule has 1 aromatic heterocycles. The summed E-state index contributed by atoms with van der Waals surface area (Å²) in [5.74, 6) is 0. The molecule has 0 saturated heterocycles. The standard InChI is InChI=1S/C16H10Cl2N2O3S2/c17-11-6-8-13(9-7-11)25(22,23)19-16-20(12-4-2-1-3-5-12)15(18)14(10-21)24-16/h1-10H/b19-16+. The van der Waals surface area contributed by atoms with Crippen LogP contribution < -0.4 is 4.80 Å². The third-order valence-corrected chi connectivity index (χ3v) is 6.32. The molecular weight excluding hydrogens is 403 g/mol. The number of nitrogens with zero attached hydrogens (tertiary/aromatic N) is 2. The zero-order valence-corrected chi connectivity index (χ0v) is 15.6. The first kappa shape index (κ1) is 17.9. The molecular formula is C16H10Cl2N2O3S2. The van der Waals surface area contributed by atoms with Gasteiger partial charge in [0.25, 0.3) is 10.0 Å². The largest absolute Gasteiger partial charge is 0.297 e. The number of aromatic nitrogens is 1. The summed E-state index contributed by atoms with van der Waals surface area (Å²) in [7, 11) is -3.99. The van der Waals surface area contributed by atoms with Crippen LogP contribution in [0.4, 0.5) is 0 Å². The maximum absolute atomic E-state index is 12.6. The van der Waals surface area contributed by atoms with Crippen molar-refractivity contribution in [3.63, 3.8) is 0 Å². The van der Waals surface area contributed by atoms with Crippen LogP contribution in [0.25, 0.3) is 5.69 Å². The van der Waals surface area contributed by atoms with Crippen molar-refractivity contribution in [3.05, 3.63) is 74.5 Å². The van der Waals surface area contributed by atoms with E-state index in [1.807, 2.05) is 6.07 Å². The first-order valence-electron chi connectivity index (χ1n) is 6.91. The molecule has 0 aliphatic rings. The van der Waals surface area contributed by atoms with Crippen LogP contribution in [0.15, 0.2) is 63.9 Å². The van der Waals surface area contributed by atoms with Gasteiger partial charge in [-0.2, -0.15) is 8.42 Å². The number of benzene rings is 2. The fraction of sp³-hybridized carbons (Fsp3) is 0. The highest BCUT2D eigenvalue weighted by Gasteiger charge is 2.17. The lowest BCUT2D eigenvalue weighted by molar-refractivity contribution is 0.112. The van der Waals surface area contributed by atoms with Crippen LogP contribution in [0.3, 0.4) is 0 Å². The first-order valence-corrected chi connectivity index (χ1v) is 9.92. The Morgan fingerprint density at radius 2 is 1.64 bits per heavy atom. The Kier molecular flexibility index (Phi) is 5.10. The minimum Gasteiger partial charge on any atom is -0.297 e. The number of sulfonamides is 1. The number of hydrogen-bond acceptors (Lipinski definition) is 4. The number of hydrogen-bond donors (Lipinski definition) is 0. The van der Waals surface area contributed by atoms with Crippen molar-refractivity contribution in [2.24, 2.45) is 4.40 Å². The zero-order chi connectivity index (χ0) is 18.0. The average Bonchev–Trinajstić information content (AvgIpc) is 2.90. The van der Waals surface area contributed by atoms with E-state index < -0.39 is 10.0 Å². The molecule has 9 heteroatoms. The predicted octanol–water partition coefficient (Wildman–Crippen LogP) is 3.95. The molecule has 0 fully saturated rings. The summed E-state index contributed by atoms with van der Waals surface area (Å²) in [5.41, 5.74) is 0.599. The SMILES string of the molecule is O=Cc1s/c(=N/S(=O)(=O)c2ccc(Cl)cc2)n(-c2ccccc2)c1Cl. The van der Waals surface area contributed by atoms with Gasteiger partial charge in [0.05, 0.1) is 4.90 Å². The lowest BCUT2D eigenvalue weighted by Crippen LogP contribution is -2.15. The Hall–Kier alpha value is -1.93. The number of aldehydes is 1. The summed E-state index contributed by atoms with van der Waals surface area (Å²) in [6.07, 6.45) is 0.570. The van der Waals surface area contributed by atoms with Crippen LogP contribution in [0.5, 0.6) is 0 Å². The molecule has 0 saturated carbocycles. The highest BCUT2D eigenvalue weighted by atomic mass is 35.5. The number of rotatable bonds is 4. The summed E-state index contributed by atoms with van der Waals surface area (Å²) in [5, 5.41) is 0.525. The van der Waals surface area contributed by atoms with E-state index in [9.17, 15) is 13.2 Å². The summed E-state index contributed by atoms with van der Waals surface area (Å²) in [6, 6.07) is 14.5. The van der Waals surface area contributed by atoms with Crippen molar-refractivity contribution in [2.45, 2.75) is 4.90 Å². The van der Waals surface area contributed by atoms with Gasteiger partial charge in [-0.25, -0.2) is 0 Å². The van der Waals surface area contributed by atoms with Gasteiger partial charge in [0.15, 0.2) is 6.29 Å². The van der Waals surface area contributed by atoms with Crippen molar-refractivity contribution in [2.75, 3.05) is 0 Å². The minimum absolute atomic E-state index is 0.00585. The number of carbonyl (C=O) groups is 1. The van der Waals surface area contributed by atoms with Crippen molar-refractivity contribution in [3.8, 4) is 5.69 Å². The van der Waals surface area contributed by atoms with Gasteiger partial charge in [-0.1, -0.05) is 52.7 Å². The van der Waals surface area contributed by atoms with Crippen LogP contribution >= 0.6 is 34.5 Å². The second kappa shape index (κ2) is 7.13. The molecule has 0 radical (unpaired) electrons. The van der Waals surface area contributed by atoms with Gasteiger partial charge in [0.1, 0.15) is 10.0 Å². The summed E-state index contributed by atoms with van der Waals surface area (Å²) < 4.78 is 30.4. The normalized spacial score (nSPS) is 12.3. The van der Waals surface area contributed by atoms with Crippen molar-refractivity contribution >= 4 is 50.8 Å². The van der Waals surface area contributed by atoms with E-state index in [0.717, 1.165) is 11.3 Å². The van der Waals surface area contributed by atoms with E-state index in [1.165, 1.54) is 28.8 Å². The third-order valence-electron chi connectivity index (χ3n) is 3.22. The van der Waals surface area contributed by atoms with E-state index in [1.54, 1.807) is 24.3 Å². The maximum atomic E-state index is 12.6. The van der Waals surface area contributed by atoms with Gasteiger partial charge in [-0.15, -0.1) is 4.40 Å². The van der Waals surface area contributed by atoms with E-state index >= 15 is 0 Å². The monoisotopic (exact) mass is 412 g/mol. The van der Waals surface area contributed by atoms with Crippen LogP contribution in [-0.4, -0.2) is 19.3 Å². The summed E-state index contributed by atoms with van der Waals surface area (Å²) in [6.45, 7) is 0. The van der Waals surface area contributed by atoms with Crippen LogP contribution in [-0.2, 0) is 10.0 Å². The zero-order valence-electron chi connectivity index (χ0n) is 12.5. The van der Waals surface area contributed by atoms with Crippen LogP contribution in [0.2, 0.25) is 10.2 Å². The molecule has 3 rings (SSSR count). The fourth-order valence-electron chi connectivity index (χ4n) is 2.08. The molecule has 0 unspecified atom stereocenters. The fourth-order valence-corrected chi connectivity index (χ4v) is 4.61. The molecule has 25 heavy (non-hydrogen) atoms. The van der Waals surface area contributed by atoms with Crippen molar-refractivity contribution in [1.82, 2.24) is 4.57 Å². The lowest BCUT2D eigenvalue weighted by Gasteiger charge is -2.04. The van der Waals surface area contributed by atoms with E-state index in [0.29, 0.717) is 17.0 Å². The highest BCUT2D eigenvalue weighted by Crippen LogP contribution is 2.22. The Morgan fingerprint density at radius 3 is 2.24 bits per heavy atom. The Labute approximate surface area is 157 Å². The molecule has 0 atom stereocenters. The summed E-state index contributed by atoms with van der Waals surface area (Å²) >= 11 is 12.9. The predicted molar refractivity (Wildman–Crippen MR) is 98.2 cm³/mol. The van der Waals surface area contributed by atoms with Crippen molar-refractivity contribution < 1.29 is 13.2 Å².